The van der Waals surface area contributed by atoms with Crippen LogP contribution < -0.4 is 10.5 Å². The maximum Gasteiger partial charge on any atom is 0.119 e. The number of hydrogen-bond acceptors (Lipinski definition) is 3. The van der Waals surface area contributed by atoms with Gasteiger partial charge in [-0.1, -0.05) is 15.9 Å². The zero-order valence-electron chi connectivity index (χ0n) is 10.2. The van der Waals surface area contributed by atoms with Gasteiger partial charge in [-0.05, 0) is 59.0 Å². The summed E-state index contributed by atoms with van der Waals surface area (Å²) < 4.78 is 6.32. The molecule has 0 saturated carbocycles. The molecule has 0 aliphatic rings. The molecule has 2 nitrogen and oxygen atoms in total. The topological polar surface area (TPSA) is 35.2 Å². The number of ether oxygens (including phenoxy) is 1. The van der Waals surface area contributed by atoms with E-state index in [4.69, 9.17) is 10.5 Å². The van der Waals surface area contributed by atoms with Gasteiger partial charge in [0.05, 0.1) is 7.11 Å². The zero-order valence-corrected chi connectivity index (χ0v) is 12.6. The monoisotopic (exact) mass is 325 g/mol. The number of rotatable bonds is 5. The summed E-state index contributed by atoms with van der Waals surface area (Å²) in [5.41, 5.74) is 8.70. The molecule has 96 valence electrons. The van der Waals surface area contributed by atoms with Gasteiger partial charge in [0.1, 0.15) is 5.75 Å². The fraction of sp³-hybridized carbons (Fsp3) is 0.286. The standard InChI is InChI=1S/C14H16BrNOS/c1-17-13-2-3-14(15)11(8-13)7-12(16)6-10-4-5-18-9-10/h2-5,8-9,12H,6-7,16H2,1H3. The Bertz CT molecular complexity index is 499. The summed E-state index contributed by atoms with van der Waals surface area (Å²) in [5.74, 6) is 0.871. The molecule has 0 spiro atoms. The highest BCUT2D eigenvalue weighted by Crippen LogP contribution is 2.24. The Balaban J connectivity index is 2.04. The summed E-state index contributed by atoms with van der Waals surface area (Å²) in [6, 6.07) is 8.25. The maximum absolute atomic E-state index is 6.20. The number of benzene rings is 1. The van der Waals surface area contributed by atoms with Crippen LogP contribution in [-0.4, -0.2) is 13.2 Å². The van der Waals surface area contributed by atoms with Gasteiger partial charge in [-0.2, -0.15) is 11.3 Å². The molecule has 18 heavy (non-hydrogen) atoms. The predicted molar refractivity (Wildman–Crippen MR) is 80.4 cm³/mol. The van der Waals surface area contributed by atoms with E-state index in [2.05, 4.69) is 32.8 Å². The molecule has 1 unspecified atom stereocenters. The molecule has 1 atom stereocenters. The van der Waals surface area contributed by atoms with E-state index >= 15 is 0 Å². The van der Waals surface area contributed by atoms with Crippen molar-refractivity contribution in [1.29, 1.82) is 0 Å². The van der Waals surface area contributed by atoms with Crippen molar-refractivity contribution >= 4 is 27.3 Å². The van der Waals surface area contributed by atoms with E-state index in [0.717, 1.165) is 23.1 Å². The number of thiophene rings is 1. The second-order valence-electron chi connectivity index (χ2n) is 4.26. The highest BCUT2D eigenvalue weighted by molar-refractivity contribution is 9.10. The number of hydrogen-bond donors (Lipinski definition) is 1. The Kier molecular flexibility index (Phi) is 4.80. The van der Waals surface area contributed by atoms with Crippen molar-refractivity contribution in [3.05, 3.63) is 50.6 Å². The highest BCUT2D eigenvalue weighted by atomic mass is 79.9. The minimum Gasteiger partial charge on any atom is -0.497 e. The van der Waals surface area contributed by atoms with Gasteiger partial charge in [-0.25, -0.2) is 0 Å². The number of methoxy groups -OCH3 is 1. The van der Waals surface area contributed by atoms with Gasteiger partial charge in [0, 0.05) is 10.5 Å². The Hall–Kier alpha value is -0.840. The number of nitrogens with two attached hydrogens (primary N) is 1. The van der Waals surface area contributed by atoms with E-state index < -0.39 is 0 Å². The molecule has 1 aromatic carbocycles. The molecule has 1 aromatic heterocycles. The van der Waals surface area contributed by atoms with Crippen LogP contribution in [-0.2, 0) is 12.8 Å². The molecule has 0 aliphatic carbocycles. The molecular formula is C14H16BrNOS. The average molecular weight is 326 g/mol. The fourth-order valence-corrected chi connectivity index (χ4v) is 2.99. The lowest BCUT2D eigenvalue weighted by Crippen LogP contribution is -2.25. The van der Waals surface area contributed by atoms with Crippen molar-refractivity contribution in [2.45, 2.75) is 18.9 Å². The molecular weight excluding hydrogens is 310 g/mol. The van der Waals surface area contributed by atoms with Crippen molar-refractivity contribution in [2.75, 3.05) is 7.11 Å². The third-order valence-electron chi connectivity index (χ3n) is 2.81. The van der Waals surface area contributed by atoms with Gasteiger partial charge in [-0.3, -0.25) is 0 Å². The lowest BCUT2D eigenvalue weighted by molar-refractivity contribution is 0.414. The summed E-state index contributed by atoms with van der Waals surface area (Å²) in [4.78, 5) is 0. The Morgan fingerprint density at radius 3 is 2.83 bits per heavy atom. The summed E-state index contributed by atoms with van der Waals surface area (Å²) in [6.07, 6.45) is 1.75. The molecule has 2 aromatic rings. The van der Waals surface area contributed by atoms with Crippen molar-refractivity contribution in [3.63, 3.8) is 0 Å². The second kappa shape index (κ2) is 6.36. The molecule has 0 saturated heterocycles. The molecule has 2 N–H and O–H groups in total. The van der Waals surface area contributed by atoms with Gasteiger partial charge in [0.15, 0.2) is 0 Å². The van der Waals surface area contributed by atoms with Crippen LogP contribution in [0.3, 0.4) is 0 Å². The Labute approximate surface area is 120 Å². The largest absolute Gasteiger partial charge is 0.497 e. The van der Waals surface area contributed by atoms with Crippen LogP contribution in [0.1, 0.15) is 11.1 Å². The summed E-state index contributed by atoms with van der Waals surface area (Å²) in [5, 5.41) is 4.24. The molecule has 0 bridgehead atoms. The zero-order chi connectivity index (χ0) is 13.0. The third kappa shape index (κ3) is 3.57. The molecule has 0 radical (unpaired) electrons. The van der Waals surface area contributed by atoms with Crippen molar-refractivity contribution in [1.82, 2.24) is 0 Å². The second-order valence-corrected chi connectivity index (χ2v) is 5.89. The normalized spacial score (nSPS) is 12.4. The summed E-state index contributed by atoms with van der Waals surface area (Å²) in [7, 11) is 1.68. The average Bonchev–Trinajstić information content (AvgIpc) is 2.84. The highest BCUT2D eigenvalue weighted by Gasteiger charge is 2.09. The SMILES string of the molecule is COc1ccc(Br)c(CC(N)Cc2ccsc2)c1. The van der Waals surface area contributed by atoms with E-state index in [1.165, 1.54) is 11.1 Å². The molecule has 4 heteroatoms. The lowest BCUT2D eigenvalue weighted by Gasteiger charge is -2.13. The molecule has 2 rings (SSSR count). The summed E-state index contributed by atoms with van der Waals surface area (Å²) in [6.45, 7) is 0. The molecule has 1 heterocycles. The van der Waals surface area contributed by atoms with Crippen LogP contribution >= 0.6 is 27.3 Å². The minimum absolute atomic E-state index is 0.128. The minimum atomic E-state index is 0.128. The third-order valence-corrected chi connectivity index (χ3v) is 4.32. The van der Waals surface area contributed by atoms with Crippen LogP contribution in [0.25, 0.3) is 0 Å². The first-order chi connectivity index (χ1) is 8.69. The van der Waals surface area contributed by atoms with Crippen molar-refractivity contribution < 1.29 is 4.74 Å². The van der Waals surface area contributed by atoms with Crippen molar-refractivity contribution in [3.8, 4) is 5.75 Å². The number of halogens is 1. The van der Waals surface area contributed by atoms with Crippen LogP contribution in [0.2, 0.25) is 0 Å². The van der Waals surface area contributed by atoms with Gasteiger partial charge in [-0.15, -0.1) is 0 Å². The van der Waals surface area contributed by atoms with Gasteiger partial charge in [0.2, 0.25) is 0 Å². The van der Waals surface area contributed by atoms with E-state index in [1.54, 1.807) is 18.4 Å². The molecule has 0 amide bonds. The molecule has 0 fully saturated rings. The van der Waals surface area contributed by atoms with Gasteiger partial charge in [0.25, 0.3) is 0 Å². The fourth-order valence-electron chi connectivity index (χ4n) is 1.90. The first-order valence-corrected chi connectivity index (χ1v) is 7.51. The van der Waals surface area contributed by atoms with Crippen LogP contribution in [0.15, 0.2) is 39.5 Å². The van der Waals surface area contributed by atoms with Crippen molar-refractivity contribution in [2.24, 2.45) is 5.73 Å². The van der Waals surface area contributed by atoms with Gasteiger partial charge >= 0.3 is 0 Å². The first-order valence-electron chi connectivity index (χ1n) is 5.78. The lowest BCUT2D eigenvalue weighted by atomic mass is 10.0. The first kappa shape index (κ1) is 13.6. The van der Waals surface area contributed by atoms with E-state index in [1.807, 2.05) is 18.2 Å². The predicted octanol–water partition coefficient (Wildman–Crippen LogP) is 3.63. The van der Waals surface area contributed by atoms with Gasteiger partial charge < -0.3 is 10.5 Å². The quantitative estimate of drug-likeness (QED) is 0.911. The molecule has 0 aliphatic heterocycles. The van der Waals surface area contributed by atoms with Crippen LogP contribution in [0, 0.1) is 0 Å². The smallest absolute Gasteiger partial charge is 0.119 e. The van der Waals surface area contributed by atoms with E-state index in [9.17, 15) is 0 Å². The summed E-state index contributed by atoms with van der Waals surface area (Å²) >= 11 is 5.27. The van der Waals surface area contributed by atoms with Crippen LogP contribution in [0.5, 0.6) is 5.75 Å². The maximum atomic E-state index is 6.20. The van der Waals surface area contributed by atoms with Crippen LogP contribution in [0.4, 0.5) is 0 Å². The Morgan fingerprint density at radius 2 is 2.17 bits per heavy atom. The Morgan fingerprint density at radius 1 is 1.33 bits per heavy atom. The van der Waals surface area contributed by atoms with E-state index in [-0.39, 0.29) is 6.04 Å². The van der Waals surface area contributed by atoms with E-state index in [0.29, 0.717) is 0 Å².